The normalized spacial score (nSPS) is 13.3. The van der Waals surface area contributed by atoms with Crippen LogP contribution in [0.4, 0.5) is 0 Å². The predicted octanol–water partition coefficient (Wildman–Crippen LogP) is 31.9. The van der Waals surface area contributed by atoms with E-state index in [-0.39, 0.29) is 38.5 Å². The zero-order chi connectivity index (χ0) is 75.3. The highest BCUT2D eigenvalue weighted by Gasteiger charge is 2.59. The summed E-state index contributed by atoms with van der Waals surface area (Å²) in [5, 5.41) is 54.0. The van der Waals surface area contributed by atoms with Gasteiger partial charge in [-0.3, -0.25) is 0 Å². The summed E-state index contributed by atoms with van der Waals surface area (Å²) in [4.78, 5) is 31.3. The van der Waals surface area contributed by atoms with Gasteiger partial charge in [-0.15, -0.1) is 0 Å². The van der Waals surface area contributed by atoms with Gasteiger partial charge in [-0.05, 0) is 51.4 Å². The molecule has 0 aliphatic heterocycles. The molecule has 7 heteroatoms. The van der Waals surface area contributed by atoms with E-state index in [1.807, 2.05) is 0 Å². The Hall–Kier alpha value is -1.02. The highest BCUT2D eigenvalue weighted by molar-refractivity contribution is 5.95. The average Bonchev–Trinajstić information content (AvgIpc) is 0.763. The van der Waals surface area contributed by atoms with Crippen LogP contribution in [0.15, 0.2) is 0 Å². The van der Waals surface area contributed by atoms with Gasteiger partial charge in [0.15, 0.2) is 11.2 Å². The molecule has 616 valence electrons. The van der Waals surface area contributed by atoms with Crippen LogP contribution in [0.1, 0.15) is 581 Å². The number of unbranched alkanes of at least 4 members (excludes halogenated alkanes) is 72. The fraction of sp³-hybridized carbons (Fsp3) is 0.979. The van der Waals surface area contributed by atoms with Crippen molar-refractivity contribution in [2.75, 3.05) is 0 Å². The molecule has 0 aliphatic rings. The molecule has 2 atom stereocenters. The molecule has 0 amide bonds. The van der Waals surface area contributed by atoms with Crippen molar-refractivity contribution in [3.05, 3.63) is 0 Å². The fourth-order valence-corrected chi connectivity index (χ4v) is 16.9. The highest BCUT2D eigenvalue weighted by atomic mass is 16.6. The number of carbonyl (C=O) groups is 2. The molecule has 0 bridgehead atoms. The average molecular weight is 1460 g/mol. The third-order valence-corrected chi connectivity index (χ3v) is 24.5. The largest absolute Gasteiger partial charge is 0.389 e. The Bertz CT molecular complexity index is 1520. The first-order valence-corrected chi connectivity index (χ1v) is 48.1. The highest BCUT2D eigenvalue weighted by Crippen LogP contribution is 2.42. The van der Waals surface area contributed by atoms with Gasteiger partial charge in [-0.25, -0.2) is 9.59 Å². The number of carbonyl (C=O) groups excluding carboxylic acids is 2. The van der Waals surface area contributed by atoms with Crippen LogP contribution in [0.25, 0.3) is 0 Å². The molecule has 0 aromatic rings. The van der Waals surface area contributed by atoms with Crippen LogP contribution in [-0.4, -0.2) is 54.8 Å². The lowest BCUT2D eigenvalue weighted by Gasteiger charge is -2.44. The van der Waals surface area contributed by atoms with E-state index in [2.05, 4.69) is 41.5 Å². The first-order valence-electron chi connectivity index (χ1n) is 48.1. The van der Waals surface area contributed by atoms with Crippen molar-refractivity contribution >= 4 is 11.9 Å². The lowest BCUT2D eigenvalue weighted by atomic mass is 9.71. The lowest BCUT2D eigenvalue weighted by Crippen LogP contribution is -2.64. The Morgan fingerprint density at radius 3 is 0.379 bits per heavy atom. The van der Waals surface area contributed by atoms with Crippen molar-refractivity contribution < 1.29 is 34.8 Å². The maximum atomic E-state index is 15.6. The number of ether oxygens (including phenoxy) is 1. The number of esters is 2. The maximum absolute atomic E-state index is 15.6. The molecule has 0 aliphatic carbocycles. The molecule has 0 saturated carbocycles. The summed E-state index contributed by atoms with van der Waals surface area (Å²) in [5.74, 6) is -2.23. The van der Waals surface area contributed by atoms with Gasteiger partial charge < -0.3 is 25.2 Å². The zero-order valence-electron chi connectivity index (χ0n) is 71.4. The molecule has 0 aromatic carbocycles. The zero-order valence-corrected chi connectivity index (χ0v) is 71.4. The van der Waals surface area contributed by atoms with Gasteiger partial charge in [-0.2, -0.15) is 0 Å². The smallest absolute Gasteiger partial charge is 0.348 e. The van der Waals surface area contributed by atoms with Crippen LogP contribution in [-0.2, 0) is 14.3 Å². The van der Waals surface area contributed by atoms with Gasteiger partial charge in [-0.1, -0.05) is 530 Å². The van der Waals surface area contributed by atoms with Crippen molar-refractivity contribution in [1.29, 1.82) is 0 Å². The van der Waals surface area contributed by atoms with Crippen LogP contribution in [0.5, 0.6) is 0 Å². The first-order chi connectivity index (χ1) is 50.4. The van der Waals surface area contributed by atoms with Gasteiger partial charge in [0, 0.05) is 0 Å². The van der Waals surface area contributed by atoms with E-state index in [0.717, 1.165) is 116 Å². The molecule has 0 rings (SSSR count). The van der Waals surface area contributed by atoms with Crippen molar-refractivity contribution in [2.24, 2.45) is 0 Å². The Kier molecular flexibility index (Phi) is 76.9. The number of hydrogen-bond acceptors (Lipinski definition) is 7. The third-order valence-electron chi connectivity index (χ3n) is 24.5. The first kappa shape index (κ1) is 102. The second-order valence-electron chi connectivity index (χ2n) is 34.4. The SMILES string of the molecule is CCCCCCCCCCCCCCCC(O)(CCCCCCCCCCCCCCC)C(O)(CCCCCCCCCCCCCCC)C(=O)OC(=O)C(O)(CCCCCCCCCCCCCCC)C(O)(CCCCCCCCCCCCCCC)CCCCCCCCCCCCCCC. The molecule has 0 saturated heterocycles. The van der Waals surface area contributed by atoms with Gasteiger partial charge in [0.2, 0.25) is 0 Å². The molecule has 0 fully saturated rings. The van der Waals surface area contributed by atoms with Gasteiger partial charge >= 0.3 is 11.9 Å². The summed E-state index contributed by atoms with van der Waals surface area (Å²) in [6, 6.07) is 0. The van der Waals surface area contributed by atoms with Crippen molar-refractivity contribution in [1.82, 2.24) is 0 Å². The summed E-state index contributed by atoms with van der Waals surface area (Å²) in [6.07, 6.45) is 93.3. The topological polar surface area (TPSA) is 124 Å². The minimum Gasteiger partial charge on any atom is -0.389 e. The van der Waals surface area contributed by atoms with Crippen LogP contribution in [0, 0.1) is 0 Å². The maximum Gasteiger partial charge on any atom is 0.348 e. The van der Waals surface area contributed by atoms with E-state index in [4.69, 9.17) is 4.74 Å². The summed E-state index contributed by atoms with van der Waals surface area (Å²) in [6.45, 7) is 13.7. The monoisotopic (exact) mass is 1460 g/mol. The van der Waals surface area contributed by atoms with Gasteiger partial charge in [0.25, 0.3) is 0 Å². The molecular weight excluding hydrogens is 1270 g/mol. The third kappa shape index (κ3) is 59.5. The van der Waals surface area contributed by atoms with Crippen molar-refractivity contribution in [2.45, 2.75) is 603 Å². The second-order valence-corrected chi connectivity index (χ2v) is 34.4. The number of rotatable bonds is 88. The van der Waals surface area contributed by atoms with Crippen LogP contribution in [0.3, 0.4) is 0 Å². The predicted molar refractivity (Wildman–Crippen MR) is 453 cm³/mol. The van der Waals surface area contributed by atoms with E-state index >= 15 is 9.59 Å². The van der Waals surface area contributed by atoms with E-state index < -0.39 is 34.3 Å². The van der Waals surface area contributed by atoms with E-state index in [9.17, 15) is 20.4 Å². The molecule has 0 heterocycles. The second kappa shape index (κ2) is 77.7. The minimum absolute atomic E-state index is 0.00370. The van der Waals surface area contributed by atoms with Gasteiger partial charge in [0.05, 0.1) is 0 Å². The molecule has 0 spiro atoms. The molecule has 4 N–H and O–H groups in total. The molecular formula is C96H190O7. The molecule has 0 radical (unpaired) electrons. The van der Waals surface area contributed by atoms with Crippen molar-refractivity contribution in [3.8, 4) is 0 Å². The van der Waals surface area contributed by atoms with Gasteiger partial charge in [0.1, 0.15) is 11.2 Å². The standard InChI is InChI=1S/C96H190O7/c1-7-13-19-25-31-37-43-49-55-61-67-73-79-85-93(99,86-80-74-68-62-56-50-44-38-32-26-20-14-8-2)95(101,89-83-77-71-65-59-53-47-41-35-29-23-17-11-5)91(97)103-92(98)96(102,90-84-78-72-66-60-54-48-42-36-30-24-18-12-6)94(100,87-81-75-69-63-57-51-45-39-33-27-21-15-9-3)88-82-76-70-64-58-52-46-40-34-28-22-16-10-4/h99-102H,7-90H2,1-6H3. The quantitative estimate of drug-likeness (QED) is 0.0272. The van der Waals surface area contributed by atoms with E-state index in [0.29, 0.717) is 38.5 Å². The summed E-state index contributed by atoms with van der Waals surface area (Å²) in [5.41, 5.74) is -8.34. The number of aliphatic hydroxyl groups is 4. The molecule has 7 nitrogen and oxygen atoms in total. The van der Waals surface area contributed by atoms with Crippen molar-refractivity contribution in [3.63, 3.8) is 0 Å². The molecule has 2 unspecified atom stereocenters. The summed E-state index contributed by atoms with van der Waals surface area (Å²) in [7, 11) is 0. The summed E-state index contributed by atoms with van der Waals surface area (Å²) >= 11 is 0. The molecule has 0 aromatic heterocycles. The van der Waals surface area contributed by atoms with Crippen LogP contribution in [0.2, 0.25) is 0 Å². The minimum atomic E-state index is -2.35. The Balaban J connectivity index is 7.13. The lowest BCUT2D eigenvalue weighted by molar-refractivity contribution is -0.223. The Morgan fingerprint density at radius 1 is 0.165 bits per heavy atom. The molecule has 103 heavy (non-hydrogen) atoms. The fourth-order valence-electron chi connectivity index (χ4n) is 16.9. The number of hydrogen-bond donors (Lipinski definition) is 4. The van der Waals surface area contributed by atoms with E-state index in [1.165, 1.54) is 347 Å². The van der Waals surface area contributed by atoms with Crippen LogP contribution >= 0.6 is 0 Å². The Morgan fingerprint density at radius 2 is 0.262 bits per heavy atom. The Labute approximate surface area is 646 Å². The van der Waals surface area contributed by atoms with E-state index in [1.54, 1.807) is 0 Å². The van der Waals surface area contributed by atoms with Crippen LogP contribution < -0.4 is 0 Å². The summed E-state index contributed by atoms with van der Waals surface area (Å²) < 4.78 is 6.18.